The molecule has 1 N–H and O–H groups in total. The Labute approximate surface area is 109 Å². The number of hydrogen-bond donors (Lipinski definition) is 1. The second-order valence-electron chi connectivity index (χ2n) is 4.08. The van der Waals surface area contributed by atoms with Crippen molar-refractivity contribution in [2.24, 2.45) is 0 Å². The molecule has 1 aromatic heterocycles. The van der Waals surface area contributed by atoms with Crippen LogP contribution >= 0.6 is 0 Å². The van der Waals surface area contributed by atoms with Gasteiger partial charge in [-0.1, -0.05) is 0 Å². The Bertz CT molecular complexity index is 519. The van der Waals surface area contributed by atoms with Gasteiger partial charge >= 0.3 is 5.97 Å². The number of pyridine rings is 1. The number of amides is 1. The first-order valence-electron chi connectivity index (χ1n) is 5.79. The van der Waals surface area contributed by atoms with Gasteiger partial charge in [0.15, 0.2) is 6.10 Å². The Kier molecular flexibility index (Phi) is 3.96. The van der Waals surface area contributed by atoms with Gasteiger partial charge in [-0.2, -0.15) is 0 Å². The molecule has 1 unspecified atom stereocenters. The lowest BCUT2D eigenvalue weighted by molar-refractivity contribution is -0.158. The van der Waals surface area contributed by atoms with Gasteiger partial charge in [-0.25, -0.2) is 4.79 Å². The average molecular weight is 266 g/mol. The van der Waals surface area contributed by atoms with Crippen molar-refractivity contribution < 1.29 is 19.1 Å². The van der Waals surface area contributed by atoms with Crippen LogP contribution in [0.25, 0.3) is 0 Å². The first kappa shape index (κ1) is 13.3. The molecule has 1 aromatic rings. The zero-order valence-electron chi connectivity index (χ0n) is 10.4. The van der Waals surface area contributed by atoms with Gasteiger partial charge in [0, 0.05) is 18.8 Å². The van der Waals surface area contributed by atoms with Crippen LogP contribution in [0.2, 0.25) is 0 Å². The molecule has 0 aliphatic carbocycles. The summed E-state index contributed by atoms with van der Waals surface area (Å²) < 4.78 is 9.83. The SMILES string of the molecule is COC(=O)C1CN(C(=O)c2ccc(=O)[nH]c2)CCO1. The van der Waals surface area contributed by atoms with E-state index in [1.165, 1.54) is 30.3 Å². The van der Waals surface area contributed by atoms with Crippen LogP contribution in [0.1, 0.15) is 10.4 Å². The van der Waals surface area contributed by atoms with Crippen molar-refractivity contribution in [3.05, 3.63) is 34.2 Å². The monoisotopic (exact) mass is 266 g/mol. The standard InChI is InChI=1S/C12H14N2O5/c1-18-12(17)9-7-14(4-5-19-9)11(16)8-2-3-10(15)13-6-8/h2-3,6,9H,4-5,7H2,1H3,(H,13,15). The number of nitrogens with one attached hydrogen (secondary N) is 1. The maximum absolute atomic E-state index is 12.2. The number of hydrogen-bond acceptors (Lipinski definition) is 5. The number of rotatable bonds is 2. The molecule has 7 nitrogen and oxygen atoms in total. The molecule has 1 aliphatic heterocycles. The van der Waals surface area contributed by atoms with E-state index in [0.29, 0.717) is 12.1 Å². The van der Waals surface area contributed by atoms with Crippen molar-refractivity contribution in [1.82, 2.24) is 9.88 Å². The van der Waals surface area contributed by atoms with Crippen molar-refractivity contribution >= 4 is 11.9 Å². The summed E-state index contributed by atoms with van der Waals surface area (Å²) in [5.74, 6) is -0.757. The summed E-state index contributed by atoms with van der Waals surface area (Å²) in [6.07, 6.45) is 0.596. The lowest BCUT2D eigenvalue weighted by Gasteiger charge is -2.31. The van der Waals surface area contributed by atoms with Crippen molar-refractivity contribution in [3.63, 3.8) is 0 Å². The number of morpholine rings is 1. The number of aromatic amines is 1. The second kappa shape index (κ2) is 5.66. The van der Waals surface area contributed by atoms with Crippen molar-refractivity contribution in [2.75, 3.05) is 26.8 Å². The highest BCUT2D eigenvalue weighted by Crippen LogP contribution is 2.10. The molecule has 102 valence electrons. The summed E-state index contributed by atoms with van der Waals surface area (Å²) in [6.45, 7) is 0.810. The lowest BCUT2D eigenvalue weighted by atomic mass is 10.2. The van der Waals surface area contributed by atoms with Gasteiger partial charge in [0.05, 0.1) is 25.8 Å². The maximum atomic E-state index is 12.2. The van der Waals surface area contributed by atoms with Crippen LogP contribution in [-0.2, 0) is 14.3 Å². The maximum Gasteiger partial charge on any atom is 0.336 e. The third-order valence-corrected chi connectivity index (χ3v) is 2.85. The van der Waals surface area contributed by atoms with Crippen LogP contribution < -0.4 is 5.56 Å². The predicted octanol–water partition coefficient (Wildman–Crippen LogP) is -0.611. The van der Waals surface area contributed by atoms with E-state index in [9.17, 15) is 14.4 Å². The van der Waals surface area contributed by atoms with E-state index in [0.717, 1.165) is 0 Å². The predicted molar refractivity (Wildman–Crippen MR) is 64.7 cm³/mol. The Balaban J connectivity index is 2.08. The van der Waals surface area contributed by atoms with E-state index in [1.807, 2.05) is 0 Å². The molecule has 1 aliphatic rings. The summed E-state index contributed by atoms with van der Waals surface area (Å²) in [4.78, 5) is 38.4. The molecule has 19 heavy (non-hydrogen) atoms. The van der Waals surface area contributed by atoms with Gasteiger partial charge in [0.25, 0.3) is 5.91 Å². The minimum atomic E-state index is -0.759. The van der Waals surface area contributed by atoms with Crippen molar-refractivity contribution in [1.29, 1.82) is 0 Å². The average Bonchev–Trinajstić information content (AvgIpc) is 2.46. The van der Waals surface area contributed by atoms with Gasteiger partial charge in [-0.3, -0.25) is 9.59 Å². The number of ether oxygens (including phenoxy) is 2. The number of aromatic nitrogens is 1. The number of H-pyrrole nitrogens is 1. The molecular weight excluding hydrogens is 252 g/mol. The molecule has 0 spiro atoms. The molecule has 1 fully saturated rings. The minimum absolute atomic E-state index is 0.143. The van der Waals surface area contributed by atoms with Crippen LogP contribution in [0.4, 0.5) is 0 Å². The van der Waals surface area contributed by atoms with Gasteiger partial charge in [0.2, 0.25) is 5.56 Å². The van der Waals surface area contributed by atoms with Gasteiger partial charge in [-0.05, 0) is 6.07 Å². The fourth-order valence-corrected chi connectivity index (χ4v) is 1.83. The fourth-order valence-electron chi connectivity index (χ4n) is 1.83. The number of esters is 1. The van der Waals surface area contributed by atoms with E-state index >= 15 is 0 Å². The highest BCUT2D eigenvalue weighted by molar-refractivity contribution is 5.94. The highest BCUT2D eigenvalue weighted by atomic mass is 16.6. The van der Waals surface area contributed by atoms with Crippen molar-refractivity contribution in [2.45, 2.75) is 6.10 Å². The molecule has 2 heterocycles. The molecule has 0 saturated carbocycles. The molecular formula is C12H14N2O5. The van der Waals surface area contributed by atoms with Crippen LogP contribution in [-0.4, -0.2) is 54.7 Å². The number of carbonyl (C=O) groups is 2. The van der Waals surface area contributed by atoms with Gasteiger partial charge < -0.3 is 19.4 Å². The Hall–Kier alpha value is -2.15. The van der Waals surface area contributed by atoms with Crippen LogP contribution in [0.3, 0.4) is 0 Å². The quantitative estimate of drug-likeness (QED) is 0.721. The molecule has 1 amide bonds. The molecule has 2 rings (SSSR count). The zero-order valence-corrected chi connectivity index (χ0v) is 10.4. The van der Waals surface area contributed by atoms with Crippen LogP contribution in [0, 0.1) is 0 Å². The van der Waals surface area contributed by atoms with Crippen LogP contribution in [0.15, 0.2) is 23.1 Å². The van der Waals surface area contributed by atoms with E-state index in [1.54, 1.807) is 0 Å². The summed E-state index contributed by atoms with van der Waals surface area (Å²) in [7, 11) is 1.27. The molecule has 1 atom stereocenters. The zero-order chi connectivity index (χ0) is 13.8. The molecule has 7 heteroatoms. The summed E-state index contributed by atoms with van der Waals surface area (Å²) in [6, 6.07) is 2.73. The fraction of sp³-hybridized carbons (Fsp3) is 0.417. The minimum Gasteiger partial charge on any atom is -0.467 e. The van der Waals surface area contributed by atoms with E-state index in [2.05, 4.69) is 9.72 Å². The Morgan fingerprint density at radius 1 is 1.47 bits per heavy atom. The molecule has 1 saturated heterocycles. The largest absolute Gasteiger partial charge is 0.467 e. The van der Waals surface area contributed by atoms with Gasteiger partial charge in [0.1, 0.15) is 0 Å². The summed E-state index contributed by atoms with van der Waals surface area (Å²) >= 11 is 0. The molecule has 0 aromatic carbocycles. The number of methoxy groups -OCH3 is 1. The number of nitrogens with zero attached hydrogens (tertiary/aromatic N) is 1. The third kappa shape index (κ3) is 3.00. The first-order chi connectivity index (χ1) is 9.11. The first-order valence-corrected chi connectivity index (χ1v) is 5.79. The summed E-state index contributed by atoms with van der Waals surface area (Å²) in [5.41, 5.74) is 0.0936. The molecule has 0 bridgehead atoms. The highest BCUT2D eigenvalue weighted by Gasteiger charge is 2.30. The van der Waals surface area contributed by atoms with E-state index in [-0.39, 0.29) is 24.6 Å². The van der Waals surface area contributed by atoms with Crippen LogP contribution in [0.5, 0.6) is 0 Å². The number of carbonyl (C=O) groups excluding carboxylic acids is 2. The van der Waals surface area contributed by atoms with E-state index in [4.69, 9.17) is 4.74 Å². The smallest absolute Gasteiger partial charge is 0.336 e. The summed E-state index contributed by atoms with van der Waals surface area (Å²) in [5, 5.41) is 0. The topological polar surface area (TPSA) is 88.7 Å². The van der Waals surface area contributed by atoms with Gasteiger partial charge in [-0.15, -0.1) is 0 Å². The lowest BCUT2D eigenvalue weighted by Crippen LogP contribution is -2.49. The third-order valence-electron chi connectivity index (χ3n) is 2.85. The normalized spacial score (nSPS) is 19.0. The molecule has 0 radical (unpaired) electrons. The second-order valence-corrected chi connectivity index (χ2v) is 4.08. The Morgan fingerprint density at radius 2 is 2.26 bits per heavy atom. The van der Waals surface area contributed by atoms with E-state index < -0.39 is 12.1 Å². The Morgan fingerprint density at radius 3 is 2.89 bits per heavy atom. The van der Waals surface area contributed by atoms with Crippen molar-refractivity contribution in [3.8, 4) is 0 Å².